The first-order valence-electron chi connectivity index (χ1n) is 4.94. The Balaban J connectivity index is 2.93. The number of nitro benzene ring substituents is 1. The molecule has 0 spiro atoms. The van der Waals surface area contributed by atoms with Crippen molar-refractivity contribution in [2.24, 2.45) is 0 Å². The van der Waals surface area contributed by atoms with Crippen LogP contribution in [-0.2, 0) is 0 Å². The molecule has 1 aromatic rings. The van der Waals surface area contributed by atoms with Crippen molar-refractivity contribution in [2.75, 3.05) is 12.4 Å². The third-order valence-corrected chi connectivity index (χ3v) is 3.32. The summed E-state index contributed by atoms with van der Waals surface area (Å²) in [6.45, 7) is -0.468. The number of thioether (sulfide) groups is 1. The van der Waals surface area contributed by atoms with Crippen LogP contribution in [0.25, 0.3) is 0 Å². The molecule has 0 heterocycles. The second-order valence-electron chi connectivity index (χ2n) is 3.43. The molecule has 1 unspecified atom stereocenters. The summed E-state index contributed by atoms with van der Waals surface area (Å²) in [7, 11) is 0. The van der Waals surface area contributed by atoms with Gasteiger partial charge in [0.2, 0.25) is 0 Å². The molecule has 1 atom stereocenters. The quantitative estimate of drug-likeness (QED) is 0.472. The van der Waals surface area contributed by atoms with Crippen LogP contribution in [0.3, 0.4) is 0 Å². The molecule has 0 aliphatic rings. The van der Waals surface area contributed by atoms with Gasteiger partial charge in [0.15, 0.2) is 0 Å². The van der Waals surface area contributed by atoms with Gasteiger partial charge in [-0.1, -0.05) is 0 Å². The van der Waals surface area contributed by atoms with Crippen LogP contribution in [0.2, 0.25) is 0 Å². The van der Waals surface area contributed by atoms with Crippen molar-refractivity contribution in [2.45, 2.75) is 17.4 Å². The first-order valence-corrected chi connectivity index (χ1v) is 5.92. The summed E-state index contributed by atoms with van der Waals surface area (Å²) < 4.78 is 25.5. The van der Waals surface area contributed by atoms with Crippen molar-refractivity contribution in [1.29, 1.82) is 0 Å². The molecule has 0 radical (unpaired) electrons. The fourth-order valence-corrected chi connectivity index (χ4v) is 2.15. The number of hydrogen-bond acceptors (Lipinski definition) is 5. The summed E-state index contributed by atoms with van der Waals surface area (Å²) in [6.07, 6.45) is -3.85. The molecule has 0 bridgehead atoms. The highest BCUT2D eigenvalue weighted by Gasteiger charge is 2.18. The van der Waals surface area contributed by atoms with Crippen LogP contribution in [0.1, 0.15) is 12.0 Å². The van der Waals surface area contributed by atoms with Gasteiger partial charge in [0, 0.05) is 28.3 Å². The Labute approximate surface area is 106 Å². The molecule has 0 saturated heterocycles. The number of nitro groups is 1. The van der Waals surface area contributed by atoms with Crippen LogP contribution in [0.4, 0.5) is 14.5 Å². The average Bonchev–Trinajstić information content (AvgIpc) is 2.35. The van der Waals surface area contributed by atoms with E-state index in [9.17, 15) is 18.9 Å². The number of rotatable bonds is 6. The predicted octanol–water partition coefficient (Wildman–Crippen LogP) is 1.98. The van der Waals surface area contributed by atoms with Gasteiger partial charge in [-0.25, -0.2) is 8.78 Å². The van der Waals surface area contributed by atoms with Crippen molar-refractivity contribution < 1.29 is 23.9 Å². The van der Waals surface area contributed by atoms with Crippen LogP contribution in [-0.4, -0.2) is 33.6 Å². The summed E-state index contributed by atoms with van der Waals surface area (Å²) in [6, 6.07) is 3.16. The van der Waals surface area contributed by atoms with E-state index in [1.807, 2.05) is 0 Å². The number of nitrogens with zero attached hydrogens (tertiary/aromatic N) is 1. The Kier molecular flexibility index (Phi) is 5.45. The van der Waals surface area contributed by atoms with Gasteiger partial charge in [0.05, 0.1) is 17.6 Å². The highest BCUT2D eigenvalue weighted by Crippen LogP contribution is 2.33. The lowest BCUT2D eigenvalue weighted by Gasteiger charge is -2.10. The number of halogens is 2. The maximum Gasteiger partial charge on any atom is 0.269 e. The molecule has 0 aliphatic carbocycles. The zero-order chi connectivity index (χ0) is 13.7. The van der Waals surface area contributed by atoms with E-state index in [1.54, 1.807) is 0 Å². The third kappa shape index (κ3) is 3.90. The second-order valence-corrected chi connectivity index (χ2v) is 4.49. The zero-order valence-corrected chi connectivity index (χ0v) is 9.94. The Morgan fingerprint density at radius 2 is 2.11 bits per heavy atom. The zero-order valence-electron chi connectivity index (χ0n) is 9.12. The molecule has 0 aliphatic heterocycles. The number of aliphatic hydroxyl groups excluding tert-OH is 2. The van der Waals surface area contributed by atoms with Gasteiger partial charge in [0.1, 0.15) is 0 Å². The minimum Gasteiger partial charge on any atom is -0.394 e. The number of aliphatic hydroxyl groups is 2. The normalized spacial score (nSPS) is 12.7. The largest absolute Gasteiger partial charge is 0.394 e. The lowest BCUT2D eigenvalue weighted by Crippen LogP contribution is -2.14. The molecule has 0 saturated carbocycles. The summed E-state index contributed by atoms with van der Waals surface area (Å²) in [5, 5.41) is 28.2. The predicted molar refractivity (Wildman–Crippen MR) is 61.9 cm³/mol. The van der Waals surface area contributed by atoms with E-state index in [0.717, 1.165) is 23.9 Å². The fourth-order valence-electron chi connectivity index (χ4n) is 1.19. The molecule has 8 heteroatoms. The van der Waals surface area contributed by atoms with Crippen molar-refractivity contribution in [3.8, 4) is 0 Å². The summed E-state index contributed by atoms with van der Waals surface area (Å²) in [4.78, 5) is 9.89. The van der Waals surface area contributed by atoms with Crippen LogP contribution in [0.5, 0.6) is 0 Å². The maximum atomic E-state index is 12.7. The molecule has 1 aromatic carbocycles. The fraction of sp³-hybridized carbons (Fsp3) is 0.400. The van der Waals surface area contributed by atoms with E-state index in [1.165, 1.54) is 6.07 Å². The van der Waals surface area contributed by atoms with Gasteiger partial charge in [-0.15, -0.1) is 11.8 Å². The van der Waals surface area contributed by atoms with E-state index in [0.29, 0.717) is 0 Å². The average molecular weight is 279 g/mol. The Morgan fingerprint density at radius 3 is 2.61 bits per heavy atom. The molecule has 0 amide bonds. The van der Waals surface area contributed by atoms with Gasteiger partial charge >= 0.3 is 0 Å². The van der Waals surface area contributed by atoms with Crippen LogP contribution in [0, 0.1) is 10.1 Å². The minimum absolute atomic E-state index is 0.0357. The lowest BCUT2D eigenvalue weighted by atomic mass is 10.2. The SMILES string of the molecule is O=[N+]([O-])c1ccc(SCC(O)CO)c(C(F)F)c1. The van der Waals surface area contributed by atoms with Gasteiger partial charge < -0.3 is 10.2 Å². The van der Waals surface area contributed by atoms with Crippen LogP contribution < -0.4 is 0 Å². The topological polar surface area (TPSA) is 83.6 Å². The standard InChI is InChI=1S/C10H11F2NO4S/c11-10(12)8-3-6(13(16)17)1-2-9(8)18-5-7(15)4-14/h1-3,7,10,14-15H,4-5H2. The Hall–Kier alpha value is -1.25. The van der Waals surface area contributed by atoms with E-state index in [4.69, 9.17) is 10.2 Å². The molecule has 5 nitrogen and oxygen atoms in total. The van der Waals surface area contributed by atoms with Crippen LogP contribution in [0.15, 0.2) is 23.1 Å². The summed E-state index contributed by atoms with van der Waals surface area (Å²) in [5.41, 5.74) is -0.850. The molecule has 18 heavy (non-hydrogen) atoms. The molecule has 1 rings (SSSR count). The van der Waals surface area contributed by atoms with Gasteiger partial charge in [-0.3, -0.25) is 10.1 Å². The van der Waals surface area contributed by atoms with Crippen molar-refractivity contribution in [1.82, 2.24) is 0 Å². The molecule has 100 valence electrons. The number of alkyl halides is 2. The summed E-state index contributed by atoms with van der Waals surface area (Å²) in [5.74, 6) is 0.0357. The van der Waals surface area contributed by atoms with Crippen LogP contribution >= 0.6 is 11.8 Å². The maximum absolute atomic E-state index is 12.7. The van der Waals surface area contributed by atoms with E-state index in [-0.39, 0.29) is 10.6 Å². The smallest absolute Gasteiger partial charge is 0.269 e. The number of benzene rings is 1. The lowest BCUT2D eigenvalue weighted by molar-refractivity contribution is -0.385. The first kappa shape index (κ1) is 14.8. The van der Waals surface area contributed by atoms with E-state index >= 15 is 0 Å². The van der Waals surface area contributed by atoms with Gasteiger partial charge in [-0.05, 0) is 6.07 Å². The van der Waals surface area contributed by atoms with E-state index < -0.39 is 35.3 Å². The Morgan fingerprint density at radius 1 is 1.44 bits per heavy atom. The number of non-ortho nitro benzene ring substituents is 1. The third-order valence-electron chi connectivity index (χ3n) is 2.08. The van der Waals surface area contributed by atoms with Gasteiger partial charge in [-0.2, -0.15) is 0 Å². The minimum atomic E-state index is -2.83. The van der Waals surface area contributed by atoms with Crippen molar-refractivity contribution >= 4 is 17.4 Å². The second kappa shape index (κ2) is 6.62. The molecular weight excluding hydrogens is 268 g/mol. The molecule has 0 aromatic heterocycles. The molecular formula is C10H11F2NO4S. The number of hydrogen-bond donors (Lipinski definition) is 2. The summed E-state index contributed by atoms with van der Waals surface area (Å²) >= 11 is 0.916. The highest BCUT2D eigenvalue weighted by molar-refractivity contribution is 7.99. The van der Waals surface area contributed by atoms with Gasteiger partial charge in [0.25, 0.3) is 12.1 Å². The van der Waals surface area contributed by atoms with Crippen molar-refractivity contribution in [3.05, 3.63) is 33.9 Å². The van der Waals surface area contributed by atoms with Crippen molar-refractivity contribution in [3.63, 3.8) is 0 Å². The van der Waals surface area contributed by atoms with E-state index in [2.05, 4.69) is 0 Å². The molecule has 0 fully saturated rings. The first-order chi connectivity index (χ1) is 8.45. The monoisotopic (exact) mass is 279 g/mol. The molecule has 2 N–H and O–H groups in total. The Bertz CT molecular complexity index is 430. The highest BCUT2D eigenvalue weighted by atomic mass is 32.2.